The van der Waals surface area contributed by atoms with Crippen molar-refractivity contribution in [2.75, 3.05) is 17.1 Å². The predicted molar refractivity (Wildman–Crippen MR) is 109 cm³/mol. The molecule has 0 fully saturated rings. The molecule has 0 heterocycles. The molecule has 3 aromatic rings. The van der Waals surface area contributed by atoms with Crippen molar-refractivity contribution in [1.82, 2.24) is 0 Å². The Hall–Kier alpha value is -3.65. The summed E-state index contributed by atoms with van der Waals surface area (Å²) in [5, 5.41) is 2.68. The van der Waals surface area contributed by atoms with E-state index in [4.69, 9.17) is 0 Å². The molecule has 0 aliphatic heterocycles. The number of hydrogen-bond acceptors (Lipinski definition) is 5. The molecule has 8 heteroatoms. The summed E-state index contributed by atoms with van der Waals surface area (Å²) in [7, 11) is -2.49. The van der Waals surface area contributed by atoms with Crippen LogP contribution >= 0.6 is 0 Å². The highest BCUT2D eigenvalue weighted by atomic mass is 32.2. The number of esters is 1. The number of methoxy groups -OCH3 is 1. The topological polar surface area (TPSA) is 102 Å². The number of carbonyl (C=O) groups excluding carboxylic acids is 2. The molecule has 0 radical (unpaired) electrons. The van der Waals surface area contributed by atoms with E-state index in [-0.39, 0.29) is 16.1 Å². The number of nitrogens with one attached hydrogen (secondary N) is 2. The third-order valence-corrected chi connectivity index (χ3v) is 5.37. The first-order chi connectivity index (χ1) is 13.9. The van der Waals surface area contributed by atoms with Crippen molar-refractivity contribution in [3.8, 4) is 0 Å². The van der Waals surface area contributed by atoms with Crippen LogP contribution in [0.25, 0.3) is 0 Å². The zero-order chi connectivity index (χ0) is 20.9. The van der Waals surface area contributed by atoms with E-state index in [0.29, 0.717) is 11.3 Å². The minimum Gasteiger partial charge on any atom is -0.465 e. The summed E-state index contributed by atoms with van der Waals surface area (Å²) in [6.07, 6.45) is 0. The summed E-state index contributed by atoms with van der Waals surface area (Å²) in [6, 6.07) is 20.4. The number of rotatable bonds is 6. The third-order valence-electron chi connectivity index (χ3n) is 3.97. The maximum atomic E-state index is 12.5. The molecule has 0 unspecified atom stereocenters. The second kappa shape index (κ2) is 8.57. The van der Waals surface area contributed by atoms with Gasteiger partial charge in [-0.2, -0.15) is 0 Å². The Labute approximate surface area is 168 Å². The molecule has 0 saturated heterocycles. The van der Waals surface area contributed by atoms with Crippen LogP contribution in [0.5, 0.6) is 0 Å². The van der Waals surface area contributed by atoms with Gasteiger partial charge in [-0.1, -0.05) is 30.3 Å². The smallest absolute Gasteiger partial charge is 0.337 e. The Morgan fingerprint density at radius 2 is 1.41 bits per heavy atom. The first-order valence-corrected chi connectivity index (χ1v) is 10.0. The second-order valence-electron chi connectivity index (χ2n) is 6.03. The number of carbonyl (C=O) groups is 2. The molecule has 0 spiro atoms. The van der Waals surface area contributed by atoms with Crippen molar-refractivity contribution < 1.29 is 22.7 Å². The number of benzene rings is 3. The Bertz CT molecular complexity index is 1140. The van der Waals surface area contributed by atoms with E-state index in [1.165, 1.54) is 31.4 Å². The van der Waals surface area contributed by atoms with Crippen LogP contribution in [0.15, 0.2) is 83.8 Å². The number of hydrogen-bond donors (Lipinski definition) is 2. The van der Waals surface area contributed by atoms with Crippen LogP contribution in [0.3, 0.4) is 0 Å². The normalized spacial score (nSPS) is 10.8. The van der Waals surface area contributed by atoms with Gasteiger partial charge in [-0.05, 0) is 48.5 Å². The molecule has 0 saturated carbocycles. The first kappa shape index (κ1) is 20.1. The van der Waals surface area contributed by atoms with Crippen molar-refractivity contribution in [2.45, 2.75) is 4.90 Å². The van der Waals surface area contributed by atoms with E-state index in [1.54, 1.807) is 54.6 Å². The van der Waals surface area contributed by atoms with Crippen LogP contribution in [-0.4, -0.2) is 27.4 Å². The average Bonchev–Trinajstić information content (AvgIpc) is 2.74. The quantitative estimate of drug-likeness (QED) is 0.606. The van der Waals surface area contributed by atoms with Gasteiger partial charge in [0.1, 0.15) is 0 Å². The lowest BCUT2D eigenvalue weighted by Gasteiger charge is -2.10. The summed E-state index contributed by atoms with van der Waals surface area (Å²) < 4.78 is 32.0. The van der Waals surface area contributed by atoms with Crippen molar-refractivity contribution in [3.63, 3.8) is 0 Å². The predicted octanol–water partition coefficient (Wildman–Crippen LogP) is 3.53. The zero-order valence-corrected chi connectivity index (χ0v) is 16.3. The van der Waals surface area contributed by atoms with E-state index in [1.807, 2.05) is 0 Å². The van der Waals surface area contributed by atoms with Crippen molar-refractivity contribution in [3.05, 3.63) is 90.0 Å². The molecule has 0 aromatic heterocycles. The SMILES string of the molecule is COC(=O)c1cccc(NC(=O)c2cccc(NS(=O)(=O)c3ccccc3)c2)c1. The number of amides is 1. The lowest BCUT2D eigenvalue weighted by atomic mass is 10.1. The van der Waals surface area contributed by atoms with Gasteiger partial charge < -0.3 is 10.1 Å². The maximum Gasteiger partial charge on any atom is 0.337 e. The van der Waals surface area contributed by atoms with Gasteiger partial charge in [-0.15, -0.1) is 0 Å². The summed E-state index contributed by atoms with van der Waals surface area (Å²) in [4.78, 5) is 24.3. The van der Waals surface area contributed by atoms with Crippen LogP contribution in [0.4, 0.5) is 11.4 Å². The Kier molecular flexibility index (Phi) is 5.94. The van der Waals surface area contributed by atoms with Crippen molar-refractivity contribution in [1.29, 1.82) is 0 Å². The van der Waals surface area contributed by atoms with E-state index < -0.39 is 21.9 Å². The molecule has 3 rings (SSSR count). The molecule has 29 heavy (non-hydrogen) atoms. The lowest BCUT2D eigenvalue weighted by Crippen LogP contribution is -2.15. The highest BCUT2D eigenvalue weighted by Crippen LogP contribution is 2.18. The van der Waals surface area contributed by atoms with Gasteiger partial charge in [0.05, 0.1) is 17.6 Å². The molecule has 0 atom stereocenters. The Balaban J connectivity index is 1.77. The van der Waals surface area contributed by atoms with Gasteiger partial charge in [0, 0.05) is 16.9 Å². The van der Waals surface area contributed by atoms with Gasteiger partial charge in [-0.25, -0.2) is 13.2 Å². The van der Waals surface area contributed by atoms with Gasteiger partial charge in [0.25, 0.3) is 15.9 Å². The molecule has 0 aliphatic carbocycles. The fraction of sp³-hybridized carbons (Fsp3) is 0.0476. The number of anilines is 2. The van der Waals surface area contributed by atoms with Crippen LogP contribution < -0.4 is 10.0 Å². The molecular weight excluding hydrogens is 392 g/mol. The molecule has 148 valence electrons. The average molecular weight is 410 g/mol. The van der Waals surface area contributed by atoms with Gasteiger partial charge in [0.2, 0.25) is 0 Å². The largest absolute Gasteiger partial charge is 0.465 e. The second-order valence-corrected chi connectivity index (χ2v) is 7.71. The fourth-order valence-electron chi connectivity index (χ4n) is 2.58. The molecule has 0 aliphatic rings. The highest BCUT2D eigenvalue weighted by Gasteiger charge is 2.15. The summed E-state index contributed by atoms with van der Waals surface area (Å²) >= 11 is 0. The summed E-state index contributed by atoms with van der Waals surface area (Å²) in [6.45, 7) is 0. The van der Waals surface area contributed by atoms with E-state index in [9.17, 15) is 18.0 Å². The summed E-state index contributed by atoms with van der Waals surface area (Å²) in [5.74, 6) is -0.966. The number of ether oxygens (including phenoxy) is 1. The van der Waals surface area contributed by atoms with Gasteiger partial charge >= 0.3 is 5.97 Å². The van der Waals surface area contributed by atoms with Crippen LogP contribution in [0.1, 0.15) is 20.7 Å². The molecule has 1 amide bonds. The first-order valence-electron chi connectivity index (χ1n) is 8.57. The molecule has 3 aromatic carbocycles. The standard InChI is InChI=1S/C21H18N2O5S/c1-28-21(25)16-8-6-9-17(14-16)22-20(24)15-7-5-10-18(13-15)23-29(26,27)19-11-3-2-4-12-19/h2-14,23H,1H3,(H,22,24). The minimum absolute atomic E-state index is 0.120. The van der Waals surface area contributed by atoms with Crippen molar-refractivity contribution in [2.24, 2.45) is 0 Å². The monoisotopic (exact) mass is 410 g/mol. The van der Waals surface area contributed by atoms with Crippen molar-refractivity contribution >= 4 is 33.3 Å². The van der Waals surface area contributed by atoms with E-state index >= 15 is 0 Å². The molecule has 7 nitrogen and oxygen atoms in total. The molecule has 2 N–H and O–H groups in total. The Morgan fingerprint density at radius 1 is 0.793 bits per heavy atom. The van der Waals surface area contributed by atoms with E-state index in [0.717, 1.165) is 0 Å². The van der Waals surface area contributed by atoms with Crippen LogP contribution in [-0.2, 0) is 14.8 Å². The fourth-order valence-corrected chi connectivity index (χ4v) is 3.65. The van der Waals surface area contributed by atoms with Crippen LogP contribution in [0.2, 0.25) is 0 Å². The van der Waals surface area contributed by atoms with Gasteiger partial charge in [-0.3, -0.25) is 9.52 Å². The maximum absolute atomic E-state index is 12.5. The Morgan fingerprint density at radius 3 is 2.10 bits per heavy atom. The van der Waals surface area contributed by atoms with E-state index in [2.05, 4.69) is 14.8 Å². The molecular formula is C21H18N2O5S. The van der Waals surface area contributed by atoms with Crippen LogP contribution in [0, 0.1) is 0 Å². The zero-order valence-electron chi connectivity index (χ0n) is 15.5. The third kappa shape index (κ3) is 4.99. The highest BCUT2D eigenvalue weighted by molar-refractivity contribution is 7.92. The number of sulfonamides is 1. The summed E-state index contributed by atoms with van der Waals surface area (Å²) in [5.41, 5.74) is 1.22. The minimum atomic E-state index is -3.77. The lowest BCUT2D eigenvalue weighted by molar-refractivity contribution is 0.0600. The molecule has 0 bridgehead atoms. The van der Waals surface area contributed by atoms with Gasteiger partial charge in [0.15, 0.2) is 0 Å².